The summed E-state index contributed by atoms with van der Waals surface area (Å²) in [6, 6.07) is 6.12. The van der Waals surface area contributed by atoms with Gasteiger partial charge in [-0.1, -0.05) is 12.1 Å². The largest absolute Gasteiger partial charge is 0.459 e. The minimum Gasteiger partial charge on any atom is -0.459 e. The van der Waals surface area contributed by atoms with Gasteiger partial charge in [-0.25, -0.2) is 9.78 Å². The molecule has 0 spiro atoms. The molecule has 0 saturated carbocycles. The molecule has 0 saturated heterocycles. The number of rotatable bonds is 4. The molecular weight excluding hydrogens is 274 g/mol. The molecule has 20 heavy (non-hydrogen) atoms. The Bertz CT molecular complexity index is 634. The van der Waals surface area contributed by atoms with E-state index >= 15 is 0 Å². The molecule has 2 rings (SSSR count). The van der Waals surface area contributed by atoms with Crippen LogP contribution in [0.25, 0.3) is 10.6 Å². The molecule has 0 radical (unpaired) electrons. The van der Waals surface area contributed by atoms with Crippen LogP contribution in [0.3, 0.4) is 0 Å². The molecule has 1 aromatic heterocycles. The first kappa shape index (κ1) is 14.7. The summed E-state index contributed by atoms with van der Waals surface area (Å²) in [6.45, 7) is 5.74. The highest BCUT2D eigenvalue weighted by Gasteiger charge is 2.17. The van der Waals surface area contributed by atoms with Gasteiger partial charge in [0.1, 0.15) is 16.5 Å². The third-order valence-electron chi connectivity index (χ3n) is 3.06. The lowest BCUT2D eigenvalue weighted by molar-refractivity contribution is 0.0438. The van der Waals surface area contributed by atoms with E-state index in [1.165, 1.54) is 22.5 Å². The van der Waals surface area contributed by atoms with Gasteiger partial charge in [-0.2, -0.15) is 0 Å². The minimum atomic E-state index is -0.427. The number of esters is 1. The molecule has 0 aliphatic carbocycles. The van der Waals surface area contributed by atoms with Crippen molar-refractivity contribution in [1.29, 1.82) is 0 Å². The number of thiazole rings is 1. The van der Waals surface area contributed by atoms with Gasteiger partial charge in [0.2, 0.25) is 0 Å². The van der Waals surface area contributed by atoms with E-state index in [2.05, 4.69) is 24.9 Å². The van der Waals surface area contributed by atoms with E-state index < -0.39 is 5.97 Å². The Morgan fingerprint density at radius 1 is 1.30 bits per heavy atom. The molecule has 0 fully saturated rings. The number of carbonyl (C=O) groups is 1. The average Bonchev–Trinajstić information content (AvgIpc) is 2.81. The standard InChI is InChI=1S/C15H17NO3S/c1-9-4-5-12(8-10(9)2)14-16-11(3)13(20-14)15(18)19-7-6-17/h4-5,8,17H,6-7H2,1-3H3. The predicted molar refractivity (Wildman–Crippen MR) is 79.1 cm³/mol. The molecule has 0 bridgehead atoms. The van der Waals surface area contributed by atoms with Crippen LogP contribution < -0.4 is 0 Å². The number of hydrogen-bond donors (Lipinski definition) is 1. The van der Waals surface area contributed by atoms with Crippen LogP contribution in [-0.4, -0.2) is 29.3 Å². The molecule has 106 valence electrons. The first-order valence-electron chi connectivity index (χ1n) is 6.36. The summed E-state index contributed by atoms with van der Waals surface area (Å²) in [5.74, 6) is -0.427. The lowest BCUT2D eigenvalue weighted by atomic mass is 10.1. The number of aryl methyl sites for hydroxylation is 3. The Kier molecular flexibility index (Phi) is 4.52. The number of aliphatic hydroxyl groups is 1. The summed E-state index contributed by atoms with van der Waals surface area (Å²) < 4.78 is 4.93. The molecule has 4 nitrogen and oxygen atoms in total. The fourth-order valence-corrected chi connectivity index (χ4v) is 2.74. The van der Waals surface area contributed by atoms with Crippen molar-refractivity contribution in [2.45, 2.75) is 20.8 Å². The molecule has 1 N–H and O–H groups in total. The molecule has 1 aromatic carbocycles. The van der Waals surface area contributed by atoms with Crippen molar-refractivity contribution in [1.82, 2.24) is 4.98 Å². The van der Waals surface area contributed by atoms with Crippen LogP contribution in [0.1, 0.15) is 26.5 Å². The maximum Gasteiger partial charge on any atom is 0.350 e. The highest BCUT2D eigenvalue weighted by molar-refractivity contribution is 7.17. The quantitative estimate of drug-likeness (QED) is 0.880. The van der Waals surface area contributed by atoms with E-state index in [0.717, 1.165) is 10.6 Å². The zero-order valence-electron chi connectivity index (χ0n) is 11.8. The second-order valence-corrected chi connectivity index (χ2v) is 5.59. The number of benzene rings is 1. The van der Waals surface area contributed by atoms with Crippen LogP contribution in [0.5, 0.6) is 0 Å². The monoisotopic (exact) mass is 291 g/mol. The lowest BCUT2D eigenvalue weighted by Crippen LogP contribution is -2.08. The Morgan fingerprint density at radius 3 is 2.70 bits per heavy atom. The summed E-state index contributed by atoms with van der Waals surface area (Å²) in [5, 5.41) is 9.49. The molecule has 0 atom stereocenters. The van der Waals surface area contributed by atoms with Gasteiger partial charge in [-0.15, -0.1) is 11.3 Å². The second kappa shape index (κ2) is 6.15. The summed E-state index contributed by atoms with van der Waals surface area (Å²) in [4.78, 5) is 16.8. The summed E-state index contributed by atoms with van der Waals surface area (Å²) >= 11 is 1.32. The van der Waals surface area contributed by atoms with Gasteiger partial charge in [-0.05, 0) is 38.0 Å². The first-order chi connectivity index (χ1) is 9.52. The maximum absolute atomic E-state index is 11.8. The topological polar surface area (TPSA) is 59.4 Å². The third-order valence-corrected chi connectivity index (χ3v) is 4.25. The van der Waals surface area contributed by atoms with Crippen LogP contribution >= 0.6 is 11.3 Å². The van der Waals surface area contributed by atoms with Gasteiger partial charge in [0.25, 0.3) is 0 Å². The van der Waals surface area contributed by atoms with Gasteiger partial charge < -0.3 is 9.84 Å². The van der Waals surface area contributed by atoms with Crippen molar-refractivity contribution in [2.75, 3.05) is 13.2 Å². The summed E-state index contributed by atoms with van der Waals surface area (Å²) in [7, 11) is 0. The number of carbonyl (C=O) groups excluding carboxylic acids is 1. The molecule has 5 heteroatoms. The van der Waals surface area contributed by atoms with Crippen molar-refractivity contribution in [3.8, 4) is 10.6 Å². The van der Waals surface area contributed by atoms with Crippen molar-refractivity contribution in [3.05, 3.63) is 39.9 Å². The fourth-order valence-electron chi connectivity index (χ4n) is 1.79. The lowest BCUT2D eigenvalue weighted by Gasteiger charge is -2.02. The number of hydrogen-bond acceptors (Lipinski definition) is 5. The molecule has 2 aromatic rings. The molecular formula is C15H17NO3S. The fraction of sp³-hybridized carbons (Fsp3) is 0.333. The Balaban J connectivity index is 2.30. The summed E-state index contributed by atoms with van der Waals surface area (Å²) in [6.07, 6.45) is 0. The van der Waals surface area contributed by atoms with Gasteiger partial charge in [0, 0.05) is 5.56 Å². The summed E-state index contributed by atoms with van der Waals surface area (Å²) in [5.41, 5.74) is 4.08. The number of ether oxygens (including phenoxy) is 1. The van der Waals surface area contributed by atoms with Crippen LogP contribution in [0, 0.1) is 20.8 Å². The van der Waals surface area contributed by atoms with E-state index in [1.807, 2.05) is 12.1 Å². The Labute approximate surface area is 122 Å². The van der Waals surface area contributed by atoms with E-state index in [1.54, 1.807) is 6.92 Å². The number of aliphatic hydroxyl groups excluding tert-OH is 1. The van der Waals surface area contributed by atoms with E-state index in [-0.39, 0.29) is 13.2 Å². The minimum absolute atomic E-state index is 0.00907. The van der Waals surface area contributed by atoms with Crippen molar-refractivity contribution >= 4 is 17.3 Å². The Morgan fingerprint density at radius 2 is 2.05 bits per heavy atom. The maximum atomic E-state index is 11.8. The number of aromatic nitrogens is 1. The molecule has 0 aliphatic rings. The SMILES string of the molecule is Cc1ccc(-c2nc(C)c(C(=O)OCCO)s2)cc1C. The normalized spacial score (nSPS) is 10.6. The van der Waals surface area contributed by atoms with E-state index in [9.17, 15) is 4.79 Å². The molecule has 0 aliphatic heterocycles. The van der Waals surface area contributed by atoms with E-state index in [0.29, 0.717) is 10.6 Å². The molecule has 0 unspecified atom stereocenters. The van der Waals surface area contributed by atoms with Gasteiger partial charge >= 0.3 is 5.97 Å². The smallest absolute Gasteiger partial charge is 0.350 e. The van der Waals surface area contributed by atoms with Crippen LogP contribution in [0.2, 0.25) is 0 Å². The van der Waals surface area contributed by atoms with Crippen LogP contribution in [-0.2, 0) is 4.74 Å². The Hall–Kier alpha value is -1.72. The van der Waals surface area contributed by atoms with Crippen molar-refractivity contribution in [3.63, 3.8) is 0 Å². The van der Waals surface area contributed by atoms with Gasteiger partial charge in [0.05, 0.1) is 12.3 Å². The van der Waals surface area contributed by atoms with Crippen molar-refractivity contribution < 1.29 is 14.6 Å². The third kappa shape index (κ3) is 3.05. The first-order valence-corrected chi connectivity index (χ1v) is 7.17. The molecule has 0 amide bonds. The van der Waals surface area contributed by atoms with Crippen molar-refractivity contribution in [2.24, 2.45) is 0 Å². The zero-order chi connectivity index (χ0) is 14.7. The van der Waals surface area contributed by atoms with E-state index in [4.69, 9.17) is 9.84 Å². The van der Waals surface area contributed by atoms with Gasteiger partial charge in [-0.3, -0.25) is 0 Å². The number of nitrogens with zero attached hydrogens (tertiary/aromatic N) is 1. The zero-order valence-corrected chi connectivity index (χ0v) is 12.6. The predicted octanol–water partition coefficient (Wildman–Crippen LogP) is 2.88. The average molecular weight is 291 g/mol. The van der Waals surface area contributed by atoms with Gasteiger partial charge in [0.15, 0.2) is 0 Å². The van der Waals surface area contributed by atoms with Crippen LogP contribution in [0.4, 0.5) is 0 Å². The molecule has 1 heterocycles. The van der Waals surface area contributed by atoms with Crippen LogP contribution in [0.15, 0.2) is 18.2 Å². The highest BCUT2D eigenvalue weighted by atomic mass is 32.1. The second-order valence-electron chi connectivity index (χ2n) is 4.59. The highest BCUT2D eigenvalue weighted by Crippen LogP contribution is 2.29.